The number of nitrogens with zero attached hydrogens (tertiary/aromatic N) is 1. The van der Waals surface area contributed by atoms with Crippen LogP contribution in [0, 0.1) is 5.92 Å². The second-order valence-corrected chi connectivity index (χ2v) is 5.21. The van der Waals surface area contributed by atoms with Crippen LogP contribution < -0.4 is 11.1 Å². The van der Waals surface area contributed by atoms with Gasteiger partial charge in [-0.15, -0.1) is 0 Å². The van der Waals surface area contributed by atoms with Gasteiger partial charge in [0.2, 0.25) is 5.91 Å². The lowest BCUT2D eigenvalue weighted by Crippen LogP contribution is -2.54. The summed E-state index contributed by atoms with van der Waals surface area (Å²) in [7, 11) is 0. The third-order valence-corrected chi connectivity index (χ3v) is 3.85. The Bertz CT molecular complexity index is 257. The van der Waals surface area contributed by atoms with Gasteiger partial charge < -0.3 is 16.0 Å². The molecular formula is C12H23N3O. The van der Waals surface area contributed by atoms with Gasteiger partial charge in [0, 0.05) is 37.6 Å². The number of carbonyl (C=O) groups is 1. The van der Waals surface area contributed by atoms with Gasteiger partial charge >= 0.3 is 0 Å². The van der Waals surface area contributed by atoms with Crippen LogP contribution in [0.25, 0.3) is 0 Å². The van der Waals surface area contributed by atoms with Crippen LogP contribution in [0.3, 0.4) is 0 Å². The summed E-state index contributed by atoms with van der Waals surface area (Å²) in [6, 6.07) is 0.570. The van der Waals surface area contributed by atoms with Crippen molar-refractivity contribution in [3.63, 3.8) is 0 Å². The minimum atomic E-state index is 0.185. The highest BCUT2D eigenvalue weighted by atomic mass is 16.2. The fourth-order valence-corrected chi connectivity index (χ4v) is 2.85. The number of hydrogen-bond acceptors (Lipinski definition) is 3. The molecule has 2 aliphatic rings. The number of carbonyl (C=O) groups excluding carboxylic acids is 1. The van der Waals surface area contributed by atoms with Crippen LogP contribution >= 0.6 is 0 Å². The number of amides is 1. The first-order valence-electron chi connectivity index (χ1n) is 6.45. The molecule has 4 heteroatoms. The Labute approximate surface area is 97.6 Å². The topological polar surface area (TPSA) is 58.4 Å². The molecule has 1 amide bonds. The highest BCUT2D eigenvalue weighted by Crippen LogP contribution is 2.25. The zero-order valence-corrected chi connectivity index (χ0v) is 10.1. The number of nitrogens with one attached hydrogen (secondary N) is 1. The second kappa shape index (κ2) is 5.15. The van der Waals surface area contributed by atoms with Gasteiger partial charge in [-0.3, -0.25) is 4.79 Å². The number of nitrogens with two attached hydrogens (primary N) is 1. The zero-order valence-electron chi connectivity index (χ0n) is 10.1. The quantitative estimate of drug-likeness (QED) is 0.676. The number of hydrogen-bond donors (Lipinski definition) is 2. The van der Waals surface area contributed by atoms with E-state index in [0.717, 1.165) is 45.3 Å². The largest absolute Gasteiger partial charge is 0.337 e. The van der Waals surface area contributed by atoms with Crippen molar-refractivity contribution in [1.82, 2.24) is 10.2 Å². The number of rotatable bonds is 1. The number of piperazine rings is 1. The molecule has 0 bridgehead atoms. The van der Waals surface area contributed by atoms with E-state index in [1.807, 2.05) is 4.90 Å². The van der Waals surface area contributed by atoms with Gasteiger partial charge in [0.15, 0.2) is 0 Å². The molecule has 1 saturated heterocycles. The smallest absolute Gasteiger partial charge is 0.226 e. The SMILES string of the molecule is CC1CNCCN1C(=O)C1CCCC(N)C1. The lowest BCUT2D eigenvalue weighted by atomic mass is 9.85. The van der Waals surface area contributed by atoms with E-state index in [0.29, 0.717) is 11.9 Å². The van der Waals surface area contributed by atoms with E-state index in [2.05, 4.69) is 12.2 Å². The maximum absolute atomic E-state index is 12.4. The fourth-order valence-electron chi connectivity index (χ4n) is 2.85. The normalized spacial score (nSPS) is 36.1. The molecule has 92 valence electrons. The molecule has 3 unspecified atom stereocenters. The summed E-state index contributed by atoms with van der Waals surface area (Å²) in [4.78, 5) is 14.4. The first-order valence-corrected chi connectivity index (χ1v) is 6.45. The molecule has 3 N–H and O–H groups in total. The first kappa shape index (κ1) is 11.9. The molecule has 3 atom stereocenters. The van der Waals surface area contributed by atoms with Crippen LogP contribution in [0.4, 0.5) is 0 Å². The van der Waals surface area contributed by atoms with Gasteiger partial charge in [0.1, 0.15) is 0 Å². The van der Waals surface area contributed by atoms with E-state index in [4.69, 9.17) is 5.73 Å². The third kappa shape index (κ3) is 2.55. The Kier molecular flexibility index (Phi) is 3.82. The van der Waals surface area contributed by atoms with Crippen molar-refractivity contribution in [3.8, 4) is 0 Å². The van der Waals surface area contributed by atoms with E-state index >= 15 is 0 Å². The lowest BCUT2D eigenvalue weighted by Gasteiger charge is -2.38. The molecule has 1 saturated carbocycles. The minimum Gasteiger partial charge on any atom is -0.337 e. The van der Waals surface area contributed by atoms with Gasteiger partial charge in [-0.1, -0.05) is 6.42 Å². The van der Waals surface area contributed by atoms with Crippen molar-refractivity contribution in [2.45, 2.75) is 44.7 Å². The van der Waals surface area contributed by atoms with Crippen LogP contribution in [-0.4, -0.2) is 42.5 Å². The molecule has 2 rings (SSSR count). The summed E-state index contributed by atoms with van der Waals surface area (Å²) >= 11 is 0. The van der Waals surface area contributed by atoms with Crippen molar-refractivity contribution in [2.75, 3.05) is 19.6 Å². The molecule has 1 heterocycles. The molecular weight excluding hydrogens is 202 g/mol. The molecule has 2 fully saturated rings. The molecule has 0 aromatic rings. The van der Waals surface area contributed by atoms with Gasteiger partial charge in [-0.05, 0) is 26.2 Å². The molecule has 0 aromatic heterocycles. The van der Waals surface area contributed by atoms with Crippen LogP contribution in [0.5, 0.6) is 0 Å². The third-order valence-electron chi connectivity index (χ3n) is 3.85. The van der Waals surface area contributed by atoms with E-state index in [1.54, 1.807) is 0 Å². The summed E-state index contributed by atoms with van der Waals surface area (Å²) < 4.78 is 0. The van der Waals surface area contributed by atoms with E-state index in [1.165, 1.54) is 0 Å². The maximum Gasteiger partial charge on any atom is 0.226 e. The monoisotopic (exact) mass is 225 g/mol. The van der Waals surface area contributed by atoms with E-state index < -0.39 is 0 Å². The summed E-state index contributed by atoms with van der Waals surface area (Å²) in [5.74, 6) is 0.522. The Hall–Kier alpha value is -0.610. The van der Waals surface area contributed by atoms with Crippen LogP contribution in [0.15, 0.2) is 0 Å². The van der Waals surface area contributed by atoms with Crippen molar-refractivity contribution in [1.29, 1.82) is 0 Å². The average Bonchev–Trinajstić information content (AvgIpc) is 2.29. The highest BCUT2D eigenvalue weighted by Gasteiger charge is 2.31. The average molecular weight is 225 g/mol. The Morgan fingerprint density at radius 1 is 1.44 bits per heavy atom. The van der Waals surface area contributed by atoms with Crippen LogP contribution in [0.1, 0.15) is 32.6 Å². The van der Waals surface area contributed by atoms with Gasteiger partial charge in [0.05, 0.1) is 0 Å². The first-order chi connectivity index (χ1) is 7.68. The molecule has 0 radical (unpaired) electrons. The Balaban J connectivity index is 1.94. The van der Waals surface area contributed by atoms with Crippen LogP contribution in [-0.2, 0) is 4.79 Å². The molecule has 16 heavy (non-hydrogen) atoms. The van der Waals surface area contributed by atoms with Gasteiger partial charge in [-0.25, -0.2) is 0 Å². The fraction of sp³-hybridized carbons (Fsp3) is 0.917. The zero-order chi connectivity index (χ0) is 11.5. The van der Waals surface area contributed by atoms with Gasteiger partial charge in [-0.2, -0.15) is 0 Å². The van der Waals surface area contributed by atoms with Crippen molar-refractivity contribution < 1.29 is 4.79 Å². The molecule has 1 aliphatic carbocycles. The van der Waals surface area contributed by atoms with E-state index in [9.17, 15) is 4.79 Å². The standard InChI is InChI=1S/C12H23N3O/c1-9-8-14-5-6-15(9)12(16)10-3-2-4-11(13)7-10/h9-11,14H,2-8,13H2,1H3. The van der Waals surface area contributed by atoms with Crippen LogP contribution in [0.2, 0.25) is 0 Å². The predicted octanol–water partition coefficient (Wildman–Crippen LogP) is 0.324. The maximum atomic E-state index is 12.4. The van der Waals surface area contributed by atoms with E-state index in [-0.39, 0.29) is 12.0 Å². The van der Waals surface area contributed by atoms with Crippen molar-refractivity contribution >= 4 is 5.91 Å². The minimum absolute atomic E-state index is 0.185. The van der Waals surface area contributed by atoms with Gasteiger partial charge in [0.25, 0.3) is 0 Å². The molecule has 0 aromatic carbocycles. The lowest BCUT2D eigenvalue weighted by molar-refractivity contribution is -0.139. The summed E-state index contributed by atoms with van der Waals surface area (Å²) in [5, 5.41) is 3.31. The summed E-state index contributed by atoms with van der Waals surface area (Å²) in [6.45, 7) is 4.82. The Morgan fingerprint density at radius 3 is 2.94 bits per heavy atom. The van der Waals surface area contributed by atoms with Crippen molar-refractivity contribution in [3.05, 3.63) is 0 Å². The van der Waals surface area contributed by atoms with Crippen molar-refractivity contribution in [2.24, 2.45) is 11.7 Å². The Morgan fingerprint density at radius 2 is 2.25 bits per heavy atom. The molecule has 0 spiro atoms. The molecule has 1 aliphatic heterocycles. The second-order valence-electron chi connectivity index (χ2n) is 5.21. The molecule has 4 nitrogen and oxygen atoms in total. The summed E-state index contributed by atoms with van der Waals surface area (Å²) in [6.07, 6.45) is 4.11. The highest BCUT2D eigenvalue weighted by molar-refractivity contribution is 5.79. The summed E-state index contributed by atoms with van der Waals surface area (Å²) in [5.41, 5.74) is 5.94. The predicted molar refractivity (Wildman–Crippen MR) is 64.0 cm³/mol.